The lowest BCUT2D eigenvalue weighted by atomic mass is 10.2. The van der Waals surface area contributed by atoms with Crippen LogP contribution in [0.2, 0.25) is 18.1 Å². The summed E-state index contributed by atoms with van der Waals surface area (Å²) in [5, 5.41) is 1.27. The van der Waals surface area contributed by atoms with Gasteiger partial charge in [-0.15, -0.1) is 0 Å². The standard InChI is InChI=1S/C13H20O2Si2/c1-13(2,3)16-15-17(4,5)12-9-7-6-8-11(12)10-14/h6-10H,1-5H3. The van der Waals surface area contributed by atoms with E-state index in [1.807, 2.05) is 24.3 Å². The molecular formula is C13H20O2Si2. The third-order valence-corrected chi connectivity index (χ3v) is 7.16. The second kappa shape index (κ2) is 5.29. The number of rotatable bonds is 4. The Hall–Kier alpha value is -0.716. The van der Waals surface area contributed by atoms with Gasteiger partial charge >= 0.3 is 0 Å². The number of benzene rings is 1. The molecule has 0 heterocycles. The minimum absolute atomic E-state index is 0.181. The summed E-state index contributed by atoms with van der Waals surface area (Å²) >= 11 is 0. The second-order valence-electron chi connectivity index (χ2n) is 5.67. The van der Waals surface area contributed by atoms with Crippen molar-refractivity contribution < 1.29 is 8.91 Å². The van der Waals surface area contributed by atoms with Crippen molar-refractivity contribution >= 4 is 29.6 Å². The number of carbonyl (C=O) groups excluding carboxylic acids is 1. The summed E-state index contributed by atoms with van der Waals surface area (Å²) in [4.78, 5) is 11.0. The molecule has 0 unspecified atom stereocenters. The number of hydrogen-bond donors (Lipinski definition) is 0. The van der Waals surface area contributed by atoms with Crippen molar-refractivity contribution in [2.75, 3.05) is 0 Å². The van der Waals surface area contributed by atoms with E-state index >= 15 is 0 Å². The maximum absolute atomic E-state index is 11.0. The average molecular weight is 264 g/mol. The molecule has 1 rings (SSSR count). The predicted octanol–water partition coefficient (Wildman–Crippen LogP) is 2.77. The fourth-order valence-electron chi connectivity index (χ4n) is 1.48. The van der Waals surface area contributed by atoms with Crippen molar-refractivity contribution in [2.45, 2.75) is 38.9 Å². The van der Waals surface area contributed by atoms with Gasteiger partial charge in [-0.25, -0.2) is 0 Å². The highest BCUT2D eigenvalue weighted by Crippen LogP contribution is 2.22. The van der Waals surface area contributed by atoms with Crippen LogP contribution < -0.4 is 5.19 Å². The van der Waals surface area contributed by atoms with Gasteiger partial charge in [-0.05, 0) is 23.3 Å². The molecule has 0 spiro atoms. The molecule has 2 radical (unpaired) electrons. The lowest BCUT2D eigenvalue weighted by Gasteiger charge is -2.28. The Kier molecular flexibility index (Phi) is 4.46. The zero-order chi connectivity index (χ0) is 13.1. The van der Waals surface area contributed by atoms with Gasteiger partial charge in [-0.1, -0.05) is 45.0 Å². The van der Waals surface area contributed by atoms with Crippen LogP contribution in [0.3, 0.4) is 0 Å². The minimum atomic E-state index is -1.97. The first kappa shape index (κ1) is 14.3. The van der Waals surface area contributed by atoms with Crippen molar-refractivity contribution in [1.29, 1.82) is 0 Å². The van der Waals surface area contributed by atoms with Crippen molar-refractivity contribution in [1.82, 2.24) is 0 Å². The summed E-state index contributed by atoms with van der Waals surface area (Å²) in [5.74, 6) is 0. The normalized spacial score (nSPS) is 12.5. The Labute approximate surface area is 107 Å². The highest BCUT2D eigenvalue weighted by Gasteiger charge is 2.29. The molecule has 0 N–H and O–H groups in total. The molecule has 0 bridgehead atoms. The Balaban J connectivity index is 2.92. The van der Waals surface area contributed by atoms with Gasteiger partial charge in [0.25, 0.3) is 0 Å². The van der Waals surface area contributed by atoms with Crippen molar-refractivity contribution in [2.24, 2.45) is 0 Å². The topological polar surface area (TPSA) is 26.3 Å². The molecule has 17 heavy (non-hydrogen) atoms. The highest BCUT2D eigenvalue weighted by molar-refractivity contribution is 6.88. The van der Waals surface area contributed by atoms with Crippen LogP contribution in [-0.4, -0.2) is 24.4 Å². The lowest BCUT2D eigenvalue weighted by molar-refractivity contribution is 0.112. The molecule has 0 amide bonds. The van der Waals surface area contributed by atoms with Gasteiger partial charge in [0.15, 0.2) is 0 Å². The van der Waals surface area contributed by atoms with Crippen molar-refractivity contribution in [3.8, 4) is 0 Å². The second-order valence-corrected chi connectivity index (χ2v) is 11.7. The Morgan fingerprint density at radius 1 is 1.24 bits per heavy atom. The van der Waals surface area contributed by atoms with E-state index in [1.54, 1.807) is 0 Å². The molecule has 0 aliphatic carbocycles. The summed E-state index contributed by atoms with van der Waals surface area (Å²) in [7, 11) is -1.51. The first-order valence-electron chi connectivity index (χ1n) is 5.76. The Morgan fingerprint density at radius 3 is 2.35 bits per heavy atom. The van der Waals surface area contributed by atoms with Gasteiger partial charge in [0.1, 0.15) is 6.29 Å². The Bertz CT molecular complexity index is 395. The monoisotopic (exact) mass is 264 g/mol. The quantitative estimate of drug-likeness (QED) is 0.617. The van der Waals surface area contributed by atoms with Gasteiger partial charge in [0.2, 0.25) is 18.1 Å². The van der Waals surface area contributed by atoms with Gasteiger partial charge in [0, 0.05) is 5.56 Å². The summed E-state index contributed by atoms with van der Waals surface area (Å²) in [6.45, 7) is 10.8. The van der Waals surface area contributed by atoms with E-state index in [0.717, 1.165) is 17.0 Å². The van der Waals surface area contributed by atoms with E-state index in [9.17, 15) is 4.79 Å². The van der Waals surface area contributed by atoms with E-state index in [0.29, 0.717) is 9.76 Å². The number of aldehydes is 1. The van der Waals surface area contributed by atoms with Crippen LogP contribution in [0, 0.1) is 0 Å². The molecule has 1 aromatic rings. The average Bonchev–Trinajstić information content (AvgIpc) is 2.26. The van der Waals surface area contributed by atoms with Gasteiger partial charge in [0.05, 0.1) is 0 Å². The molecule has 0 saturated carbocycles. The predicted molar refractivity (Wildman–Crippen MR) is 75.5 cm³/mol. The zero-order valence-corrected chi connectivity index (χ0v) is 13.2. The van der Waals surface area contributed by atoms with Gasteiger partial charge in [-0.3, -0.25) is 4.79 Å². The molecule has 0 fully saturated rings. The third kappa shape index (κ3) is 4.22. The lowest BCUT2D eigenvalue weighted by Crippen LogP contribution is -2.48. The first-order valence-corrected chi connectivity index (χ1v) is 9.58. The minimum Gasteiger partial charge on any atom is -0.452 e. The smallest absolute Gasteiger partial charge is 0.221 e. The Morgan fingerprint density at radius 2 is 1.82 bits per heavy atom. The van der Waals surface area contributed by atoms with E-state index in [2.05, 4.69) is 33.9 Å². The van der Waals surface area contributed by atoms with Crippen LogP contribution in [0.4, 0.5) is 0 Å². The number of carbonyl (C=O) groups is 1. The third-order valence-electron chi connectivity index (χ3n) is 2.35. The van der Waals surface area contributed by atoms with Gasteiger partial charge in [-0.2, -0.15) is 0 Å². The molecule has 92 valence electrons. The first-order chi connectivity index (χ1) is 7.76. The summed E-state index contributed by atoms with van der Waals surface area (Å²) in [6.07, 6.45) is 0.924. The summed E-state index contributed by atoms with van der Waals surface area (Å²) in [5.41, 5.74) is 0.767. The zero-order valence-electron chi connectivity index (χ0n) is 11.2. The van der Waals surface area contributed by atoms with E-state index in [-0.39, 0.29) is 5.04 Å². The van der Waals surface area contributed by atoms with E-state index in [1.165, 1.54) is 0 Å². The maximum atomic E-state index is 11.0. The number of hydrogen-bond acceptors (Lipinski definition) is 2. The summed E-state index contributed by atoms with van der Waals surface area (Å²) in [6, 6.07) is 7.74. The molecule has 1 aromatic carbocycles. The fourth-order valence-corrected chi connectivity index (χ4v) is 5.50. The van der Waals surface area contributed by atoms with Crippen LogP contribution in [0.5, 0.6) is 0 Å². The molecule has 2 nitrogen and oxygen atoms in total. The largest absolute Gasteiger partial charge is 0.452 e. The molecule has 0 aromatic heterocycles. The van der Waals surface area contributed by atoms with E-state index in [4.69, 9.17) is 4.12 Å². The van der Waals surface area contributed by atoms with Crippen LogP contribution in [0.25, 0.3) is 0 Å². The van der Waals surface area contributed by atoms with Crippen molar-refractivity contribution in [3.05, 3.63) is 29.8 Å². The molecule has 0 aliphatic rings. The molecule has 0 saturated heterocycles. The molecule has 0 atom stereocenters. The molecule has 4 heteroatoms. The molecule has 0 aliphatic heterocycles. The highest BCUT2D eigenvalue weighted by atomic mass is 28.4. The van der Waals surface area contributed by atoms with Crippen LogP contribution in [-0.2, 0) is 4.12 Å². The molecular weight excluding hydrogens is 244 g/mol. The maximum Gasteiger partial charge on any atom is 0.221 e. The summed E-state index contributed by atoms with van der Waals surface area (Å²) < 4.78 is 6.13. The van der Waals surface area contributed by atoms with Crippen LogP contribution in [0.15, 0.2) is 24.3 Å². The SMILES string of the molecule is CC(C)(C)[Si]O[Si](C)(C)c1ccccc1C=O. The van der Waals surface area contributed by atoms with E-state index < -0.39 is 8.32 Å². The van der Waals surface area contributed by atoms with Gasteiger partial charge < -0.3 is 4.12 Å². The fraction of sp³-hybridized carbons (Fsp3) is 0.462. The van der Waals surface area contributed by atoms with Crippen LogP contribution in [0.1, 0.15) is 31.1 Å². The van der Waals surface area contributed by atoms with Crippen LogP contribution >= 0.6 is 0 Å². The van der Waals surface area contributed by atoms with Crippen molar-refractivity contribution in [3.63, 3.8) is 0 Å².